The third-order valence-electron chi connectivity index (χ3n) is 12.9. The van der Waals surface area contributed by atoms with E-state index in [0.717, 1.165) is 51.4 Å². The molecule has 43 heavy (non-hydrogen) atoms. The quantitative estimate of drug-likeness (QED) is 0.131. The average molecular weight is 639 g/mol. The molecular formula is C36H70O5Si2. The Morgan fingerprint density at radius 1 is 0.860 bits per heavy atom. The zero-order valence-electron chi connectivity index (χ0n) is 30.0. The molecule has 0 aromatic rings. The molecule has 5 nitrogen and oxygen atoms in total. The molecule has 0 aliphatic heterocycles. The van der Waals surface area contributed by atoms with Gasteiger partial charge in [-0.1, -0.05) is 67.5 Å². The second-order valence-corrected chi connectivity index (χ2v) is 27.3. The molecule has 0 saturated heterocycles. The number of hydrogen-bond donors (Lipinski definition) is 3. The lowest BCUT2D eigenvalue weighted by molar-refractivity contribution is -0.0240. The lowest BCUT2D eigenvalue weighted by atomic mass is 9.71. The van der Waals surface area contributed by atoms with Crippen LogP contribution in [-0.2, 0) is 8.85 Å². The van der Waals surface area contributed by atoms with Crippen LogP contribution < -0.4 is 0 Å². The number of allylic oxidation sites excluding steroid dienone is 2. The molecular weight excluding hydrogens is 569 g/mol. The summed E-state index contributed by atoms with van der Waals surface area (Å²) in [5.41, 5.74) is 0. The van der Waals surface area contributed by atoms with Crippen molar-refractivity contribution in [2.75, 3.05) is 6.61 Å². The van der Waals surface area contributed by atoms with Crippen LogP contribution >= 0.6 is 0 Å². The standard InChI is InChI=1S/C36H70O5Si2/c1-13-26(38)15-14-16-33(41-43(11,12)36(6,7)8)24(2)34(39)32-23-31-28(29(32)19-20-37)18-17-25-21-27(22-30(25)31)40-42(9,10)35(3,4)5/h17-18,24-34,37-39H,13-16,19-23H2,1-12H3/t24-,25-,26+,27-,28+,29+,30+,31-,32+,33+,34-/m1/s1. The van der Waals surface area contributed by atoms with Gasteiger partial charge < -0.3 is 24.2 Å². The molecule has 0 bridgehead atoms. The summed E-state index contributed by atoms with van der Waals surface area (Å²) in [4.78, 5) is 0. The molecule has 3 N–H and O–H groups in total. The van der Waals surface area contributed by atoms with E-state index in [-0.39, 0.29) is 40.7 Å². The minimum absolute atomic E-state index is 0.00254. The molecule has 0 radical (unpaired) electrons. The Labute approximate surface area is 267 Å². The predicted molar refractivity (Wildman–Crippen MR) is 185 cm³/mol. The molecule has 0 aromatic carbocycles. The Morgan fingerprint density at radius 3 is 2.05 bits per heavy atom. The van der Waals surface area contributed by atoms with Crippen molar-refractivity contribution in [3.05, 3.63) is 12.2 Å². The Kier molecular flexibility index (Phi) is 12.5. The summed E-state index contributed by atoms with van der Waals surface area (Å²) < 4.78 is 14.0. The fourth-order valence-electron chi connectivity index (χ4n) is 8.02. The first-order chi connectivity index (χ1) is 19.7. The number of hydrogen-bond acceptors (Lipinski definition) is 5. The maximum atomic E-state index is 12.2. The van der Waals surface area contributed by atoms with Crippen LogP contribution in [0, 0.1) is 41.4 Å². The first-order valence-electron chi connectivity index (χ1n) is 17.7. The van der Waals surface area contributed by atoms with E-state index < -0.39 is 22.7 Å². The van der Waals surface area contributed by atoms with Crippen molar-refractivity contribution in [2.24, 2.45) is 41.4 Å². The Morgan fingerprint density at radius 2 is 1.49 bits per heavy atom. The maximum Gasteiger partial charge on any atom is 0.192 e. The number of aliphatic hydroxyl groups is 3. The summed E-state index contributed by atoms with van der Waals surface area (Å²) in [5.74, 6) is 2.59. The molecule has 0 amide bonds. The number of aliphatic hydroxyl groups excluding tert-OH is 3. The van der Waals surface area contributed by atoms with Crippen LogP contribution in [0.2, 0.25) is 36.3 Å². The molecule has 2 fully saturated rings. The molecule has 3 rings (SSSR count). The van der Waals surface area contributed by atoms with E-state index in [1.54, 1.807) is 0 Å². The van der Waals surface area contributed by atoms with Crippen molar-refractivity contribution in [1.82, 2.24) is 0 Å². The van der Waals surface area contributed by atoms with E-state index in [0.29, 0.717) is 35.7 Å². The van der Waals surface area contributed by atoms with Crippen molar-refractivity contribution < 1.29 is 24.2 Å². The van der Waals surface area contributed by atoms with Crippen LogP contribution in [0.3, 0.4) is 0 Å². The molecule has 3 aliphatic carbocycles. The molecule has 0 spiro atoms. The van der Waals surface area contributed by atoms with Gasteiger partial charge in [0.05, 0.1) is 18.3 Å². The zero-order chi connectivity index (χ0) is 32.5. The van der Waals surface area contributed by atoms with Gasteiger partial charge in [0.15, 0.2) is 16.6 Å². The van der Waals surface area contributed by atoms with Crippen LogP contribution in [0.4, 0.5) is 0 Å². The van der Waals surface area contributed by atoms with Crippen LogP contribution in [0.1, 0.15) is 107 Å². The molecule has 3 aliphatic rings. The summed E-state index contributed by atoms with van der Waals surface area (Å²) in [7, 11) is -3.89. The summed E-state index contributed by atoms with van der Waals surface area (Å²) >= 11 is 0. The smallest absolute Gasteiger partial charge is 0.192 e. The highest BCUT2D eigenvalue weighted by molar-refractivity contribution is 6.74. The average Bonchev–Trinajstić information content (AvgIpc) is 3.46. The van der Waals surface area contributed by atoms with Crippen LogP contribution in [-0.4, -0.2) is 63.0 Å². The van der Waals surface area contributed by atoms with Gasteiger partial charge >= 0.3 is 0 Å². The van der Waals surface area contributed by atoms with Gasteiger partial charge in [0.1, 0.15) is 0 Å². The largest absolute Gasteiger partial charge is 0.414 e. The Hall–Kier alpha value is -0.0262. The minimum atomic E-state index is -2.06. The van der Waals surface area contributed by atoms with Gasteiger partial charge in [-0.15, -0.1) is 0 Å². The fraction of sp³-hybridized carbons (Fsp3) is 0.944. The van der Waals surface area contributed by atoms with Gasteiger partial charge in [0.25, 0.3) is 0 Å². The highest BCUT2D eigenvalue weighted by atomic mass is 28.4. The number of fused-ring (bicyclic) bond motifs is 3. The second kappa shape index (κ2) is 14.4. The highest BCUT2D eigenvalue weighted by Crippen LogP contribution is 2.58. The maximum absolute atomic E-state index is 12.2. The topological polar surface area (TPSA) is 79.2 Å². The molecule has 2 saturated carbocycles. The first kappa shape index (κ1) is 37.4. The summed E-state index contributed by atoms with van der Waals surface area (Å²) in [5, 5.41) is 32.9. The highest BCUT2D eigenvalue weighted by Gasteiger charge is 2.54. The minimum Gasteiger partial charge on any atom is -0.414 e. The van der Waals surface area contributed by atoms with E-state index in [9.17, 15) is 15.3 Å². The Balaban J connectivity index is 1.80. The van der Waals surface area contributed by atoms with E-state index in [1.165, 1.54) is 0 Å². The van der Waals surface area contributed by atoms with E-state index in [1.807, 2.05) is 6.92 Å². The normalized spacial score (nSPS) is 32.8. The van der Waals surface area contributed by atoms with Crippen LogP contribution in [0.15, 0.2) is 12.2 Å². The molecule has 7 heteroatoms. The van der Waals surface area contributed by atoms with E-state index >= 15 is 0 Å². The third kappa shape index (κ3) is 8.67. The second-order valence-electron chi connectivity index (χ2n) is 17.8. The van der Waals surface area contributed by atoms with Crippen LogP contribution in [0.25, 0.3) is 0 Å². The molecule has 11 atom stereocenters. The van der Waals surface area contributed by atoms with Gasteiger partial charge in [0, 0.05) is 18.6 Å². The van der Waals surface area contributed by atoms with Crippen molar-refractivity contribution in [2.45, 2.75) is 167 Å². The van der Waals surface area contributed by atoms with Gasteiger partial charge in [-0.05, 0) is 123 Å². The van der Waals surface area contributed by atoms with Crippen LogP contribution in [0.5, 0.6) is 0 Å². The molecule has 0 unspecified atom stereocenters. The van der Waals surface area contributed by atoms with Gasteiger partial charge in [-0.3, -0.25) is 0 Å². The van der Waals surface area contributed by atoms with Crippen molar-refractivity contribution in [1.29, 1.82) is 0 Å². The molecule has 0 aromatic heterocycles. The lowest BCUT2D eigenvalue weighted by Gasteiger charge is -2.43. The van der Waals surface area contributed by atoms with E-state index in [4.69, 9.17) is 8.85 Å². The fourth-order valence-corrected chi connectivity index (χ4v) is 10.8. The third-order valence-corrected chi connectivity index (χ3v) is 21.9. The van der Waals surface area contributed by atoms with Crippen molar-refractivity contribution >= 4 is 16.6 Å². The lowest BCUT2D eigenvalue weighted by Crippen LogP contribution is -2.48. The van der Waals surface area contributed by atoms with Gasteiger partial charge in [-0.25, -0.2) is 0 Å². The van der Waals surface area contributed by atoms with Gasteiger partial charge in [-0.2, -0.15) is 0 Å². The summed E-state index contributed by atoms with van der Waals surface area (Å²) in [6, 6.07) is 0. The van der Waals surface area contributed by atoms with Gasteiger partial charge in [0.2, 0.25) is 0 Å². The summed E-state index contributed by atoms with van der Waals surface area (Å²) in [6.07, 6.45) is 11.9. The molecule has 0 heterocycles. The van der Waals surface area contributed by atoms with Crippen molar-refractivity contribution in [3.63, 3.8) is 0 Å². The number of rotatable bonds is 14. The Bertz CT molecular complexity index is 906. The molecule has 252 valence electrons. The SMILES string of the molecule is CC[C@H](O)CCC[C@H](O[Si](C)(C)C(C)(C)C)[C@@H](C)[C@@H](O)[C@H]1C[C@@H]2[C@@H](C=C[C@@H]3C[C@@H](O[Si](C)(C)C(C)(C)C)C[C@H]23)[C@@H]1CCO. The predicted octanol–water partition coefficient (Wildman–Crippen LogP) is 8.55. The zero-order valence-corrected chi connectivity index (χ0v) is 32.0. The first-order valence-corrected chi connectivity index (χ1v) is 23.6. The summed E-state index contributed by atoms with van der Waals surface area (Å²) in [6.45, 7) is 27.6. The monoisotopic (exact) mass is 638 g/mol. The van der Waals surface area contributed by atoms with E-state index in [2.05, 4.69) is 86.8 Å². The van der Waals surface area contributed by atoms with Crippen molar-refractivity contribution in [3.8, 4) is 0 Å².